The second-order valence-electron chi connectivity index (χ2n) is 18.3. The van der Waals surface area contributed by atoms with Gasteiger partial charge in [-0.05, 0) is 92.4 Å². The number of hydrogen-bond donors (Lipinski definition) is 0. The molecule has 0 amide bonds. The quantitative estimate of drug-likeness (QED) is 0.171. The molecular weight excluding hydrogens is 659 g/mol. The fraction of sp³-hybridized carbons (Fsp3) is 0.265. The van der Waals surface area contributed by atoms with Crippen LogP contribution in [0.25, 0.3) is 21.8 Å². The highest BCUT2D eigenvalue weighted by atomic mass is 16.5. The van der Waals surface area contributed by atoms with Gasteiger partial charge in [0.25, 0.3) is 6.71 Å². The van der Waals surface area contributed by atoms with Crippen LogP contribution in [0.1, 0.15) is 80.4 Å². The number of aryl methyl sites for hydroxylation is 1. The van der Waals surface area contributed by atoms with E-state index in [4.69, 9.17) is 10.8 Å². The number of nitrogens with zero attached hydrogens (tertiary/aromatic N) is 2. The first kappa shape index (κ1) is 33.2. The Kier molecular flexibility index (Phi) is 7.24. The predicted octanol–water partition coefficient (Wildman–Crippen LogP) is 11.4. The molecule has 0 N–H and O–H groups in total. The second-order valence-corrected chi connectivity index (χ2v) is 18.3. The maximum Gasteiger partial charge on any atom is 0.260 e. The molecule has 0 saturated carbocycles. The van der Waals surface area contributed by atoms with Crippen molar-refractivity contribution in [1.29, 1.82) is 0 Å². The third-order valence-corrected chi connectivity index (χ3v) is 11.5. The van der Waals surface area contributed by atoms with Gasteiger partial charge in [0, 0.05) is 40.2 Å². The van der Waals surface area contributed by atoms with Gasteiger partial charge >= 0.3 is 0 Å². The van der Waals surface area contributed by atoms with Crippen LogP contribution in [-0.4, -0.2) is 11.3 Å². The van der Waals surface area contributed by atoms with Crippen LogP contribution in [0.5, 0.6) is 23.0 Å². The van der Waals surface area contributed by atoms with Gasteiger partial charge in [-0.1, -0.05) is 129 Å². The molecule has 5 heteroatoms. The molecule has 1 aromatic heterocycles. The van der Waals surface area contributed by atoms with Gasteiger partial charge in [-0.3, -0.25) is 0 Å². The van der Waals surface area contributed by atoms with Crippen LogP contribution >= 0.6 is 0 Å². The lowest BCUT2D eigenvalue weighted by Gasteiger charge is -2.37. The molecule has 0 bridgehead atoms. The number of hydrogen-bond acceptors (Lipinski definition) is 3. The molecule has 0 spiro atoms. The van der Waals surface area contributed by atoms with Crippen molar-refractivity contribution in [2.75, 3.05) is 4.90 Å². The van der Waals surface area contributed by atoms with Gasteiger partial charge in [0.05, 0.1) is 6.89 Å². The maximum absolute atomic E-state index is 8.87. The van der Waals surface area contributed by atoms with E-state index >= 15 is 0 Å². The Hall–Kier alpha value is -5.42. The first-order chi connectivity index (χ1) is 26.0. The first-order valence-corrected chi connectivity index (χ1v) is 19.2. The summed E-state index contributed by atoms with van der Waals surface area (Å²) in [7, 11) is 2.17. The van der Waals surface area contributed by atoms with Gasteiger partial charge < -0.3 is 18.9 Å². The van der Waals surface area contributed by atoms with Crippen LogP contribution in [0, 0.1) is 0 Å². The Labute approximate surface area is 321 Å². The number of fused-ring (bicyclic) bond motifs is 7. The minimum Gasteiger partial charge on any atom is -0.458 e. The summed E-state index contributed by atoms with van der Waals surface area (Å²) in [6, 6.07) is 39.8. The minimum atomic E-state index is -0.170. The number of ether oxygens (including phenoxy) is 2. The van der Waals surface area contributed by atoms with Crippen LogP contribution in [-0.2, 0) is 23.3 Å². The molecule has 9 rings (SSSR count). The molecule has 2 aliphatic rings. The Bertz CT molecular complexity index is 2610. The van der Waals surface area contributed by atoms with E-state index in [1.807, 2.05) is 12.1 Å². The normalized spacial score (nSPS) is 13.9. The average Bonchev–Trinajstić information content (AvgIpc) is 3.41. The molecule has 2 aliphatic heterocycles. The fourth-order valence-electron chi connectivity index (χ4n) is 8.44. The van der Waals surface area contributed by atoms with E-state index in [1.165, 1.54) is 27.5 Å². The fourth-order valence-corrected chi connectivity index (χ4v) is 8.44. The van der Waals surface area contributed by atoms with E-state index in [0.717, 1.165) is 56.0 Å². The highest BCUT2D eigenvalue weighted by Crippen LogP contribution is 2.50. The van der Waals surface area contributed by atoms with E-state index < -0.39 is 0 Å². The average molecular weight is 710 g/mol. The van der Waals surface area contributed by atoms with Crippen molar-refractivity contribution >= 4 is 62.0 Å². The van der Waals surface area contributed by atoms with E-state index in [0.29, 0.717) is 17.5 Å². The molecule has 270 valence electrons. The predicted molar refractivity (Wildman–Crippen MR) is 229 cm³/mol. The first-order valence-electron chi connectivity index (χ1n) is 19.7. The van der Waals surface area contributed by atoms with Crippen LogP contribution in [0.15, 0.2) is 115 Å². The monoisotopic (exact) mass is 709 g/mol. The highest BCUT2D eigenvalue weighted by Gasteiger charge is 2.43. The Balaban J connectivity index is 1.42. The molecule has 54 heavy (non-hydrogen) atoms. The number of aromatic nitrogens is 1. The molecule has 6 aromatic carbocycles. The molecular formula is C49H49BN2O2. The summed E-state index contributed by atoms with van der Waals surface area (Å²) < 4.78 is 25.0. The van der Waals surface area contributed by atoms with Crippen molar-refractivity contribution in [2.24, 2.45) is 7.05 Å². The van der Waals surface area contributed by atoms with Crippen molar-refractivity contribution in [3.63, 3.8) is 0 Å². The van der Waals surface area contributed by atoms with E-state index in [-0.39, 0.29) is 23.0 Å². The van der Waals surface area contributed by atoms with Crippen molar-refractivity contribution in [1.82, 2.24) is 4.57 Å². The Morgan fingerprint density at radius 2 is 1.13 bits per heavy atom. The number of para-hydroxylation sites is 1. The molecule has 0 unspecified atom stereocenters. The third-order valence-electron chi connectivity index (χ3n) is 11.5. The summed E-state index contributed by atoms with van der Waals surface area (Å²) in [5.41, 5.74) is 12.2. The Morgan fingerprint density at radius 3 is 1.72 bits per heavy atom. The number of rotatable bonds is 3. The van der Waals surface area contributed by atoms with Gasteiger partial charge in [0.15, 0.2) is 0 Å². The lowest BCUT2D eigenvalue weighted by Crippen LogP contribution is -2.57. The lowest BCUT2D eigenvalue weighted by atomic mass is 9.34. The molecule has 0 radical (unpaired) electrons. The summed E-state index contributed by atoms with van der Waals surface area (Å²) in [5.74, 6) is 2.96. The van der Waals surface area contributed by atoms with Crippen molar-refractivity contribution in [3.05, 3.63) is 132 Å². The summed E-state index contributed by atoms with van der Waals surface area (Å²) in [5, 5.41) is 2.36. The summed E-state index contributed by atoms with van der Waals surface area (Å²) in [6.07, 6.45) is 0. The van der Waals surface area contributed by atoms with Gasteiger partial charge in [-0.15, -0.1) is 0 Å². The molecule has 3 heterocycles. The lowest BCUT2D eigenvalue weighted by molar-refractivity contribution is 0.464. The number of benzene rings is 6. The maximum atomic E-state index is 8.87. The smallest absolute Gasteiger partial charge is 0.260 e. The molecule has 7 aromatic rings. The van der Waals surface area contributed by atoms with Crippen LogP contribution in [0.4, 0.5) is 17.1 Å². The van der Waals surface area contributed by atoms with Crippen LogP contribution in [0.2, 0.25) is 0 Å². The van der Waals surface area contributed by atoms with E-state index in [1.54, 1.807) is 0 Å². The standard InChI is InChI=1S/C49H49BN2O2/c1-47(2,3)30-18-23-33(24-19-30)52(34-25-20-31(21-26-34)48(4,5)6)45-44-36(35-14-11-12-15-39(35)51(44)10)29-38-46(45)54-42-17-13-16-41-43(42)50(38)37-28-32(49(7,8)9)22-27-40(37)53-41/h11-29H,1-10H3/i13D. The van der Waals surface area contributed by atoms with Gasteiger partial charge in [0.1, 0.15) is 28.7 Å². The number of anilines is 3. The summed E-state index contributed by atoms with van der Waals surface area (Å²) in [4.78, 5) is 2.39. The van der Waals surface area contributed by atoms with Crippen LogP contribution < -0.4 is 30.8 Å². The van der Waals surface area contributed by atoms with Crippen LogP contribution in [0.3, 0.4) is 0 Å². The van der Waals surface area contributed by atoms with Crippen molar-refractivity contribution < 1.29 is 10.8 Å². The van der Waals surface area contributed by atoms with Gasteiger partial charge in [0.2, 0.25) is 0 Å². The zero-order valence-corrected chi connectivity index (χ0v) is 33.2. The van der Waals surface area contributed by atoms with Crippen molar-refractivity contribution in [2.45, 2.75) is 78.6 Å². The molecule has 0 fully saturated rings. The summed E-state index contributed by atoms with van der Waals surface area (Å²) >= 11 is 0. The summed E-state index contributed by atoms with van der Waals surface area (Å²) in [6.45, 7) is 20.2. The highest BCUT2D eigenvalue weighted by molar-refractivity contribution is 6.98. The minimum absolute atomic E-state index is 0.00752. The molecule has 0 saturated heterocycles. The van der Waals surface area contributed by atoms with Crippen molar-refractivity contribution in [3.8, 4) is 23.0 Å². The molecule has 0 atom stereocenters. The second kappa shape index (κ2) is 11.8. The van der Waals surface area contributed by atoms with E-state index in [2.05, 4.69) is 176 Å². The SMILES string of the molecule is [2H]c1cc2c3c(c1)Oc1c(cc4c5ccccc5n(C)c4c1N(c1ccc(C(C)(C)C)cc1)c1ccc(C(C)(C)C)cc1)B3c1cc(C(C)(C)C)ccc1O2. The van der Waals surface area contributed by atoms with Gasteiger partial charge in [-0.25, -0.2) is 0 Å². The molecule has 0 aliphatic carbocycles. The Morgan fingerprint density at radius 1 is 0.574 bits per heavy atom. The zero-order chi connectivity index (χ0) is 38.8. The third kappa shape index (κ3) is 5.34. The largest absolute Gasteiger partial charge is 0.458 e. The van der Waals surface area contributed by atoms with E-state index in [9.17, 15) is 0 Å². The molecule has 4 nitrogen and oxygen atoms in total. The van der Waals surface area contributed by atoms with Gasteiger partial charge in [-0.2, -0.15) is 0 Å². The zero-order valence-electron chi connectivity index (χ0n) is 34.2. The topological polar surface area (TPSA) is 26.6 Å².